The van der Waals surface area contributed by atoms with Crippen LogP contribution in [-0.4, -0.2) is 14.5 Å². The summed E-state index contributed by atoms with van der Waals surface area (Å²) < 4.78 is 2.13. The van der Waals surface area contributed by atoms with Gasteiger partial charge in [-0.25, -0.2) is 4.98 Å². The molecule has 3 aromatic heterocycles. The largest absolute Gasteiger partial charge is 0.324 e. The van der Waals surface area contributed by atoms with E-state index in [0.717, 1.165) is 23.8 Å². The maximum atomic E-state index is 4.53. The van der Waals surface area contributed by atoms with Gasteiger partial charge in [0.1, 0.15) is 5.82 Å². The molecule has 0 aromatic carbocycles. The zero-order valence-corrected chi connectivity index (χ0v) is 10.9. The number of hydrogen-bond donors (Lipinski definition) is 0. The van der Waals surface area contributed by atoms with Crippen LogP contribution in [0.15, 0.2) is 48.1 Å². The molecular weight excluding hydrogens is 242 g/mol. The molecular formula is C14H13N3S. The Morgan fingerprint density at radius 2 is 2.17 bits per heavy atom. The third-order valence-electron chi connectivity index (χ3n) is 2.74. The molecule has 0 saturated carbocycles. The molecule has 18 heavy (non-hydrogen) atoms. The lowest BCUT2D eigenvalue weighted by atomic mass is 10.3. The molecule has 0 aliphatic rings. The highest BCUT2D eigenvalue weighted by molar-refractivity contribution is 7.13. The molecule has 0 fully saturated rings. The molecule has 4 heteroatoms. The van der Waals surface area contributed by atoms with Gasteiger partial charge < -0.3 is 4.57 Å². The smallest absolute Gasteiger partial charge is 0.150 e. The van der Waals surface area contributed by atoms with Crippen LogP contribution in [-0.2, 0) is 6.54 Å². The van der Waals surface area contributed by atoms with Gasteiger partial charge in [0.2, 0.25) is 0 Å². The fourth-order valence-corrected chi connectivity index (χ4v) is 2.67. The van der Waals surface area contributed by atoms with E-state index in [9.17, 15) is 0 Å². The number of rotatable bonds is 3. The Labute approximate surface area is 110 Å². The highest BCUT2D eigenvalue weighted by Gasteiger charge is 2.07. The van der Waals surface area contributed by atoms with Crippen LogP contribution in [0.4, 0.5) is 0 Å². The van der Waals surface area contributed by atoms with E-state index in [-0.39, 0.29) is 0 Å². The van der Waals surface area contributed by atoms with Gasteiger partial charge in [0.05, 0.1) is 17.1 Å². The Bertz CT molecular complexity index is 641. The van der Waals surface area contributed by atoms with Gasteiger partial charge in [-0.1, -0.05) is 12.1 Å². The van der Waals surface area contributed by atoms with Crippen molar-refractivity contribution in [2.24, 2.45) is 0 Å². The quantitative estimate of drug-likeness (QED) is 0.718. The van der Waals surface area contributed by atoms with Crippen LogP contribution in [0, 0.1) is 6.92 Å². The molecule has 0 bridgehead atoms. The summed E-state index contributed by atoms with van der Waals surface area (Å²) >= 11 is 1.70. The maximum Gasteiger partial charge on any atom is 0.150 e. The minimum absolute atomic E-state index is 0.759. The van der Waals surface area contributed by atoms with Crippen molar-refractivity contribution in [2.45, 2.75) is 13.5 Å². The van der Waals surface area contributed by atoms with E-state index >= 15 is 0 Å². The predicted molar refractivity (Wildman–Crippen MR) is 73.6 cm³/mol. The summed E-state index contributed by atoms with van der Waals surface area (Å²) in [6.07, 6.45) is 3.84. The Morgan fingerprint density at radius 3 is 2.94 bits per heavy atom. The molecule has 3 aromatic rings. The first kappa shape index (κ1) is 11.2. The molecule has 0 spiro atoms. The third kappa shape index (κ3) is 2.19. The minimum Gasteiger partial charge on any atom is -0.324 e. The van der Waals surface area contributed by atoms with Gasteiger partial charge in [0, 0.05) is 18.1 Å². The normalized spacial score (nSPS) is 10.7. The van der Waals surface area contributed by atoms with E-state index in [1.54, 1.807) is 11.3 Å². The van der Waals surface area contributed by atoms with Crippen molar-refractivity contribution >= 4 is 11.3 Å². The second kappa shape index (κ2) is 4.74. The average molecular weight is 255 g/mol. The lowest BCUT2D eigenvalue weighted by molar-refractivity contribution is 0.779. The van der Waals surface area contributed by atoms with E-state index < -0.39 is 0 Å². The summed E-state index contributed by atoms with van der Waals surface area (Å²) in [6.45, 7) is 2.77. The summed E-state index contributed by atoms with van der Waals surface area (Å²) in [7, 11) is 0. The first-order valence-electron chi connectivity index (χ1n) is 5.80. The zero-order chi connectivity index (χ0) is 12.4. The molecule has 0 radical (unpaired) electrons. The molecule has 0 atom stereocenters. The SMILES string of the molecule is Cc1cccc(Cn2ccnc2-c2cccs2)n1. The molecule has 3 heterocycles. The molecule has 0 unspecified atom stereocenters. The lowest BCUT2D eigenvalue weighted by Gasteiger charge is -2.06. The molecule has 3 nitrogen and oxygen atoms in total. The predicted octanol–water partition coefficient (Wildman–Crippen LogP) is 3.36. The summed E-state index contributed by atoms with van der Waals surface area (Å²) in [5.41, 5.74) is 2.11. The zero-order valence-electron chi connectivity index (χ0n) is 10.1. The number of hydrogen-bond acceptors (Lipinski definition) is 3. The van der Waals surface area contributed by atoms with Crippen LogP contribution in [0.5, 0.6) is 0 Å². The van der Waals surface area contributed by atoms with Crippen molar-refractivity contribution in [1.82, 2.24) is 14.5 Å². The van der Waals surface area contributed by atoms with Gasteiger partial charge >= 0.3 is 0 Å². The van der Waals surface area contributed by atoms with E-state index in [4.69, 9.17) is 0 Å². The topological polar surface area (TPSA) is 30.7 Å². The first-order valence-corrected chi connectivity index (χ1v) is 6.68. The van der Waals surface area contributed by atoms with Crippen LogP contribution in [0.1, 0.15) is 11.4 Å². The summed E-state index contributed by atoms with van der Waals surface area (Å²) in [4.78, 5) is 10.1. The standard InChI is InChI=1S/C14H13N3S/c1-11-4-2-5-12(16-11)10-17-8-7-15-14(17)13-6-3-9-18-13/h2-9H,10H2,1H3. The van der Waals surface area contributed by atoms with E-state index in [0.29, 0.717) is 0 Å². The highest BCUT2D eigenvalue weighted by atomic mass is 32.1. The minimum atomic E-state index is 0.759. The summed E-state index contributed by atoms with van der Waals surface area (Å²) in [5.74, 6) is 1.01. The van der Waals surface area contributed by atoms with Crippen molar-refractivity contribution in [3.05, 3.63) is 59.5 Å². The monoisotopic (exact) mass is 255 g/mol. The Morgan fingerprint density at radius 1 is 1.22 bits per heavy atom. The Hall–Kier alpha value is -1.94. The van der Waals surface area contributed by atoms with Gasteiger partial charge in [-0.3, -0.25) is 4.98 Å². The molecule has 0 N–H and O–H groups in total. The number of imidazole rings is 1. The van der Waals surface area contributed by atoms with Gasteiger partial charge in [-0.15, -0.1) is 11.3 Å². The molecule has 3 rings (SSSR count). The van der Waals surface area contributed by atoms with Gasteiger partial charge in [0.15, 0.2) is 0 Å². The van der Waals surface area contributed by atoms with Gasteiger partial charge in [-0.2, -0.15) is 0 Å². The van der Waals surface area contributed by atoms with Crippen LogP contribution >= 0.6 is 11.3 Å². The summed E-state index contributed by atoms with van der Waals surface area (Å²) in [6, 6.07) is 10.2. The number of aromatic nitrogens is 3. The van der Waals surface area contributed by atoms with Gasteiger partial charge in [-0.05, 0) is 30.5 Å². The maximum absolute atomic E-state index is 4.53. The summed E-state index contributed by atoms with van der Waals surface area (Å²) in [5, 5.41) is 2.07. The molecule has 0 aliphatic carbocycles. The molecule has 0 amide bonds. The second-order valence-corrected chi connectivity index (χ2v) is 5.07. The molecule has 90 valence electrons. The third-order valence-corrected chi connectivity index (χ3v) is 3.60. The van der Waals surface area contributed by atoms with Crippen molar-refractivity contribution < 1.29 is 0 Å². The van der Waals surface area contributed by atoms with Crippen molar-refractivity contribution in [1.29, 1.82) is 0 Å². The first-order chi connectivity index (χ1) is 8.83. The number of pyridine rings is 1. The van der Waals surface area contributed by atoms with Crippen LogP contribution in [0.25, 0.3) is 10.7 Å². The van der Waals surface area contributed by atoms with Crippen molar-refractivity contribution in [3.63, 3.8) is 0 Å². The highest BCUT2D eigenvalue weighted by Crippen LogP contribution is 2.23. The second-order valence-electron chi connectivity index (χ2n) is 4.13. The molecule has 0 saturated heterocycles. The van der Waals surface area contributed by atoms with Crippen molar-refractivity contribution in [3.8, 4) is 10.7 Å². The number of aryl methyl sites for hydroxylation is 1. The van der Waals surface area contributed by atoms with Crippen LogP contribution in [0.3, 0.4) is 0 Å². The lowest BCUT2D eigenvalue weighted by Crippen LogP contribution is -2.02. The Balaban J connectivity index is 1.92. The van der Waals surface area contributed by atoms with E-state index in [1.165, 1.54) is 4.88 Å². The van der Waals surface area contributed by atoms with E-state index in [2.05, 4.69) is 26.0 Å². The van der Waals surface area contributed by atoms with Crippen LogP contribution < -0.4 is 0 Å². The molecule has 0 aliphatic heterocycles. The Kier molecular flexibility index (Phi) is 2.94. The van der Waals surface area contributed by atoms with Crippen molar-refractivity contribution in [2.75, 3.05) is 0 Å². The van der Waals surface area contributed by atoms with E-state index in [1.807, 2.05) is 43.6 Å². The van der Waals surface area contributed by atoms with Crippen LogP contribution in [0.2, 0.25) is 0 Å². The fraction of sp³-hybridized carbons (Fsp3) is 0.143. The fourth-order valence-electron chi connectivity index (χ4n) is 1.93. The van der Waals surface area contributed by atoms with Gasteiger partial charge in [0.25, 0.3) is 0 Å². The number of thiophene rings is 1. The number of nitrogens with zero attached hydrogens (tertiary/aromatic N) is 3. The average Bonchev–Trinajstić information content (AvgIpc) is 2.98.